The first-order valence-corrected chi connectivity index (χ1v) is 10.3. The molecule has 0 radical (unpaired) electrons. The highest BCUT2D eigenvalue weighted by molar-refractivity contribution is 5.94. The molecule has 3 aromatic carbocycles. The molecule has 31 heavy (non-hydrogen) atoms. The van der Waals surface area contributed by atoms with E-state index in [-0.39, 0.29) is 5.56 Å². The van der Waals surface area contributed by atoms with Crippen LogP contribution in [-0.4, -0.2) is 14.7 Å². The minimum atomic E-state index is -0.0813. The van der Waals surface area contributed by atoms with Crippen molar-refractivity contribution in [3.63, 3.8) is 0 Å². The molecule has 0 unspecified atom stereocenters. The van der Waals surface area contributed by atoms with Gasteiger partial charge in [0.1, 0.15) is 0 Å². The normalized spacial score (nSPS) is 11.2. The molecule has 0 fully saturated rings. The number of rotatable bonds is 4. The summed E-state index contributed by atoms with van der Waals surface area (Å²) >= 11 is 0. The second-order valence-electron chi connectivity index (χ2n) is 7.52. The van der Waals surface area contributed by atoms with Gasteiger partial charge in [-0.15, -0.1) is 0 Å². The summed E-state index contributed by atoms with van der Waals surface area (Å²) in [6, 6.07) is 23.4. The van der Waals surface area contributed by atoms with Gasteiger partial charge in [0, 0.05) is 28.2 Å². The molecule has 2 heterocycles. The van der Waals surface area contributed by atoms with E-state index in [0.717, 1.165) is 34.2 Å². The lowest BCUT2D eigenvalue weighted by Crippen LogP contribution is -2.18. The summed E-state index contributed by atoms with van der Waals surface area (Å²) < 4.78 is 7.31. The van der Waals surface area contributed by atoms with Crippen molar-refractivity contribution in [2.45, 2.75) is 20.3 Å². The zero-order valence-electron chi connectivity index (χ0n) is 17.4. The van der Waals surface area contributed by atoms with Crippen molar-refractivity contribution in [2.75, 3.05) is 0 Å². The average Bonchev–Trinajstić information content (AvgIpc) is 3.30. The van der Waals surface area contributed by atoms with Crippen LogP contribution >= 0.6 is 0 Å². The van der Waals surface area contributed by atoms with E-state index in [2.05, 4.69) is 17.1 Å². The summed E-state index contributed by atoms with van der Waals surface area (Å²) in [6.07, 6.45) is 2.74. The van der Waals surface area contributed by atoms with Crippen LogP contribution in [0.2, 0.25) is 0 Å². The molecule has 5 rings (SSSR count). The molecule has 0 amide bonds. The smallest absolute Gasteiger partial charge is 0.262 e. The Hall–Kier alpha value is -3.99. The van der Waals surface area contributed by atoms with Crippen molar-refractivity contribution in [3.05, 3.63) is 100 Å². The summed E-state index contributed by atoms with van der Waals surface area (Å²) in [5.74, 6) is 0.913. The van der Waals surface area contributed by atoms with E-state index in [0.29, 0.717) is 17.1 Å². The van der Waals surface area contributed by atoms with Gasteiger partial charge in [0.2, 0.25) is 5.82 Å². The highest BCUT2D eigenvalue weighted by Crippen LogP contribution is 2.29. The van der Waals surface area contributed by atoms with Gasteiger partial charge in [0.25, 0.3) is 11.4 Å². The maximum Gasteiger partial charge on any atom is 0.262 e. The van der Waals surface area contributed by atoms with E-state index in [4.69, 9.17) is 4.52 Å². The Bertz CT molecular complexity index is 1450. The van der Waals surface area contributed by atoms with Crippen LogP contribution in [0.1, 0.15) is 18.1 Å². The Labute approximate surface area is 179 Å². The molecule has 5 aromatic rings. The van der Waals surface area contributed by atoms with Gasteiger partial charge in [-0.2, -0.15) is 4.98 Å². The molecular weight excluding hydrogens is 386 g/mol. The van der Waals surface area contributed by atoms with Gasteiger partial charge in [-0.25, -0.2) is 0 Å². The summed E-state index contributed by atoms with van der Waals surface area (Å²) in [4.78, 5) is 17.9. The third kappa shape index (κ3) is 3.34. The van der Waals surface area contributed by atoms with Crippen molar-refractivity contribution >= 4 is 10.8 Å². The highest BCUT2D eigenvalue weighted by Gasteiger charge is 2.17. The molecular formula is C26H21N3O2. The van der Waals surface area contributed by atoms with Crippen molar-refractivity contribution < 1.29 is 4.52 Å². The minimum Gasteiger partial charge on any atom is -0.334 e. The van der Waals surface area contributed by atoms with Gasteiger partial charge < -0.3 is 4.52 Å². The first-order valence-electron chi connectivity index (χ1n) is 10.3. The number of pyridine rings is 1. The van der Waals surface area contributed by atoms with Crippen LogP contribution < -0.4 is 5.56 Å². The van der Waals surface area contributed by atoms with E-state index in [1.807, 2.05) is 79.7 Å². The van der Waals surface area contributed by atoms with Crippen molar-refractivity contribution in [1.82, 2.24) is 14.7 Å². The molecule has 0 aliphatic carbocycles. The Morgan fingerprint density at radius 2 is 1.58 bits per heavy atom. The molecule has 0 atom stereocenters. The molecule has 5 heteroatoms. The van der Waals surface area contributed by atoms with E-state index in [1.54, 1.807) is 10.8 Å². The Morgan fingerprint density at radius 1 is 0.871 bits per heavy atom. The standard InChI is InChI=1S/C26H21N3O2/c1-3-18-12-14-19(15-13-18)29-16-23(21-10-6-7-11-22(21)26(29)30)25-27-24(28-31-25)20-9-5-4-8-17(20)2/h4-16H,3H2,1-2H3. The van der Waals surface area contributed by atoms with Gasteiger partial charge >= 0.3 is 0 Å². The van der Waals surface area contributed by atoms with Crippen LogP contribution in [-0.2, 0) is 6.42 Å². The van der Waals surface area contributed by atoms with Crippen LogP contribution in [0.15, 0.2) is 88.3 Å². The minimum absolute atomic E-state index is 0.0813. The SMILES string of the molecule is CCc1ccc(-n2cc(-c3nc(-c4ccccc4C)no3)c3ccccc3c2=O)cc1. The Morgan fingerprint density at radius 3 is 2.32 bits per heavy atom. The second kappa shape index (κ2) is 7.69. The Balaban J connectivity index is 1.71. The summed E-state index contributed by atoms with van der Waals surface area (Å²) in [6.45, 7) is 4.12. The monoisotopic (exact) mass is 407 g/mol. The van der Waals surface area contributed by atoms with Crippen LogP contribution in [0.3, 0.4) is 0 Å². The first-order chi connectivity index (χ1) is 15.2. The molecule has 0 aliphatic rings. The number of hydrogen-bond donors (Lipinski definition) is 0. The predicted molar refractivity (Wildman–Crippen MR) is 122 cm³/mol. The first kappa shape index (κ1) is 19.0. The lowest BCUT2D eigenvalue weighted by molar-refractivity contribution is 0.432. The zero-order valence-corrected chi connectivity index (χ0v) is 17.4. The molecule has 0 saturated heterocycles. The van der Waals surface area contributed by atoms with E-state index in [9.17, 15) is 4.79 Å². The van der Waals surface area contributed by atoms with Crippen LogP contribution in [0, 0.1) is 6.92 Å². The topological polar surface area (TPSA) is 60.9 Å². The fourth-order valence-corrected chi connectivity index (χ4v) is 3.81. The molecule has 2 aromatic heterocycles. The fourth-order valence-electron chi connectivity index (χ4n) is 3.81. The van der Waals surface area contributed by atoms with Gasteiger partial charge in [-0.05, 0) is 42.7 Å². The number of hydrogen-bond acceptors (Lipinski definition) is 4. The van der Waals surface area contributed by atoms with E-state index in [1.165, 1.54) is 5.56 Å². The second-order valence-corrected chi connectivity index (χ2v) is 7.52. The summed E-state index contributed by atoms with van der Waals surface area (Å²) in [7, 11) is 0. The van der Waals surface area contributed by atoms with Crippen LogP contribution in [0.25, 0.3) is 39.3 Å². The lowest BCUT2D eigenvalue weighted by atomic mass is 10.1. The van der Waals surface area contributed by atoms with Crippen LogP contribution in [0.4, 0.5) is 0 Å². The lowest BCUT2D eigenvalue weighted by Gasteiger charge is -2.11. The number of benzene rings is 3. The zero-order chi connectivity index (χ0) is 21.4. The predicted octanol–water partition coefficient (Wildman–Crippen LogP) is 5.58. The van der Waals surface area contributed by atoms with Gasteiger partial charge in [0.05, 0.1) is 5.56 Å². The molecule has 0 saturated carbocycles. The number of fused-ring (bicyclic) bond motifs is 1. The van der Waals surface area contributed by atoms with Gasteiger partial charge in [-0.1, -0.05) is 66.7 Å². The maximum absolute atomic E-state index is 13.2. The molecule has 5 nitrogen and oxygen atoms in total. The third-order valence-corrected chi connectivity index (χ3v) is 5.59. The van der Waals surface area contributed by atoms with Crippen molar-refractivity contribution in [2.24, 2.45) is 0 Å². The quantitative estimate of drug-likeness (QED) is 0.390. The molecule has 0 bridgehead atoms. The largest absolute Gasteiger partial charge is 0.334 e. The van der Waals surface area contributed by atoms with E-state index < -0.39 is 0 Å². The summed E-state index contributed by atoms with van der Waals surface area (Å²) in [5, 5.41) is 5.60. The van der Waals surface area contributed by atoms with Gasteiger partial charge in [-0.3, -0.25) is 9.36 Å². The van der Waals surface area contributed by atoms with Crippen molar-refractivity contribution in [1.29, 1.82) is 0 Å². The van der Waals surface area contributed by atoms with E-state index >= 15 is 0 Å². The third-order valence-electron chi connectivity index (χ3n) is 5.59. The Kier molecular flexibility index (Phi) is 4.71. The highest BCUT2D eigenvalue weighted by atomic mass is 16.5. The molecule has 0 N–H and O–H groups in total. The number of aromatic nitrogens is 3. The average molecular weight is 407 g/mol. The van der Waals surface area contributed by atoms with Gasteiger partial charge in [0.15, 0.2) is 0 Å². The van der Waals surface area contributed by atoms with Crippen molar-refractivity contribution in [3.8, 4) is 28.5 Å². The fraction of sp³-hybridized carbons (Fsp3) is 0.115. The molecule has 0 spiro atoms. The molecule has 0 aliphatic heterocycles. The maximum atomic E-state index is 13.2. The number of aryl methyl sites for hydroxylation is 2. The van der Waals surface area contributed by atoms with Crippen LogP contribution in [0.5, 0.6) is 0 Å². The number of nitrogens with zero attached hydrogens (tertiary/aromatic N) is 3. The summed E-state index contributed by atoms with van der Waals surface area (Å²) in [5.41, 5.74) is 4.65. The molecule has 152 valence electrons.